The summed E-state index contributed by atoms with van der Waals surface area (Å²) in [7, 11) is 0. The molecule has 0 aliphatic heterocycles. The number of nitrogen functional groups attached to an aromatic ring is 1. The molecule has 0 amide bonds. The molecule has 0 bridgehead atoms. The standard InChI is InChI=1S/C9H8FN3S2/c10-6-1-3-7(4-2-6)14-5-8-12-13-9(11)15-8/h1-4H,5H2,(H2,11,13). The van der Waals surface area contributed by atoms with Crippen molar-refractivity contribution in [2.75, 3.05) is 5.73 Å². The van der Waals surface area contributed by atoms with Crippen molar-refractivity contribution in [1.29, 1.82) is 0 Å². The van der Waals surface area contributed by atoms with E-state index < -0.39 is 0 Å². The van der Waals surface area contributed by atoms with E-state index in [1.54, 1.807) is 23.9 Å². The van der Waals surface area contributed by atoms with Gasteiger partial charge in [0.2, 0.25) is 5.13 Å². The van der Waals surface area contributed by atoms with Gasteiger partial charge in [0.15, 0.2) is 0 Å². The van der Waals surface area contributed by atoms with Crippen LogP contribution >= 0.6 is 23.1 Å². The molecule has 0 radical (unpaired) electrons. The van der Waals surface area contributed by atoms with Crippen LogP contribution in [-0.2, 0) is 5.75 Å². The van der Waals surface area contributed by atoms with Gasteiger partial charge in [0.05, 0.1) is 5.75 Å². The van der Waals surface area contributed by atoms with Crippen LogP contribution in [-0.4, -0.2) is 10.2 Å². The number of thioether (sulfide) groups is 1. The van der Waals surface area contributed by atoms with Crippen LogP contribution < -0.4 is 5.73 Å². The van der Waals surface area contributed by atoms with Gasteiger partial charge in [-0.1, -0.05) is 11.3 Å². The molecule has 0 aliphatic carbocycles. The Labute approximate surface area is 94.5 Å². The van der Waals surface area contributed by atoms with Crippen molar-refractivity contribution < 1.29 is 4.39 Å². The minimum absolute atomic E-state index is 0.223. The molecular formula is C9H8FN3S2. The van der Waals surface area contributed by atoms with E-state index in [0.29, 0.717) is 10.9 Å². The molecule has 2 rings (SSSR count). The van der Waals surface area contributed by atoms with Gasteiger partial charge in [-0.25, -0.2) is 4.39 Å². The van der Waals surface area contributed by atoms with Gasteiger partial charge in [0.25, 0.3) is 0 Å². The Morgan fingerprint density at radius 3 is 2.60 bits per heavy atom. The highest BCUT2D eigenvalue weighted by Gasteiger charge is 2.02. The number of hydrogen-bond acceptors (Lipinski definition) is 5. The van der Waals surface area contributed by atoms with E-state index in [-0.39, 0.29) is 5.82 Å². The zero-order valence-electron chi connectivity index (χ0n) is 7.68. The summed E-state index contributed by atoms with van der Waals surface area (Å²) < 4.78 is 12.6. The average Bonchev–Trinajstić information content (AvgIpc) is 2.64. The maximum atomic E-state index is 12.6. The van der Waals surface area contributed by atoms with Gasteiger partial charge < -0.3 is 5.73 Å². The third-order valence-corrected chi connectivity index (χ3v) is 3.62. The van der Waals surface area contributed by atoms with E-state index in [1.807, 2.05) is 0 Å². The topological polar surface area (TPSA) is 51.8 Å². The predicted molar refractivity (Wildman–Crippen MR) is 60.3 cm³/mol. The number of anilines is 1. The molecule has 0 saturated heterocycles. The molecule has 2 aromatic rings. The fourth-order valence-electron chi connectivity index (χ4n) is 1.00. The number of halogens is 1. The highest BCUT2D eigenvalue weighted by molar-refractivity contribution is 7.98. The lowest BCUT2D eigenvalue weighted by Gasteiger charge is -1.97. The highest BCUT2D eigenvalue weighted by atomic mass is 32.2. The summed E-state index contributed by atoms with van der Waals surface area (Å²) >= 11 is 2.95. The summed E-state index contributed by atoms with van der Waals surface area (Å²) in [5.41, 5.74) is 5.45. The lowest BCUT2D eigenvalue weighted by molar-refractivity contribution is 0.626. The maximum Gasteiger partial charge on any atom is 0.203 e. The van der Waals surface area contributed by atoms with Gasteiger partial charge in [0, 0.05) is 4.90 Å². The Morgan fingerprint density at radius 1 is 1.27 bits per heavy atom. The maximum absolute atomic E-state index is 12.6. The van der Waals surface area contributed by atoms with Crippen LogP contribution in [0, 0.1) is 5.82 Å². The summed E-state index contributed by atoms with van der Waals surface area (Å²) in [5.74, 6) is 0.486. The van der Waals surface area contributed by atoms with Gasteiger partial charge in [-0.05, 0) is 24.3 Å². The first-order valence-electron chi connectivity index (χ1n) is 4.20. The van der Waals surface area contributed by atoms with Crippen LogP contribution in [0.15, 0.2) is 29.2 Å². The molecule has 0 fully saturated rings. The summed E-state index contributed by atoms with van der Waals surface area (Å²) in [6.07, 6.45) is 0. The molecule has 0 atom stereocenters. The zero-order chi connectivity index (χ0) is 10.7. The van der Waals surface area contributed by atoms with Gasteiger partial charge in [0.1, 0.15) is 10.8 Å². The second-order valence-corrected chi connectivity index (χ2v) is 4.92. The number of nitrogens with two attached hydrogens (primary N) is 1. The lowest BCUT2D eigenvalue weighted by Crippen LogP contribution is -1.81. The summed E-state index contributed by atoms with van der Waals surface area (Å²) in [6.45, 7) is 0. The second-order valence-electron chi connectivity index (χ2n) is 2.78. The Bertz CT molecular complexity index is 441. The minimum Gasteiger partial charge on any atom is -0.374 e. The Hall–Kier alpha value is -1.14. The van der Waals surface area contributed by atoms with Crippen LogP contribution in [0.1, 0.15) is 5.01 Å². The third kappa shape index (κ3) is 2.90. The smallest absolute Gasteiger partial charge is 0.203 e. The number of benzene rings is 1. The fourth-order valence-corrected chi connectivity index (χ4v) is 2.49. The Morgan fingerprint density at radius 2 is 2.00 bits per heavy atom. The predicted octanol–water partition coefficient (Wildman–Crippen LogP) is 2.55. The Balaban J connectivity index is 1.96. The van der Waals surface area contributed by atoms with E-state index in [4.69, 9.17) is 5.73 Å². The highest BCUT2D eigenvalue weighted by Crippen LogP contribution is 2.24. The fraction of sp³-hybridized carbons (Fsp3) is 0.111. The molecule has 15 heavy (non-hydrogen) atoms. The van der Waals surface area contributed by atoms with E-state index in [0.717, 1.165) is 9.90 Å². The molecule has 3 nitrogen and oxygen atoms in total. The van der Waals surface area contributed by atoms with Gasteiger partial charge in [-0.2, -0.15) is 0 Å². The summed E-state index contributed by atoms with van der Waals surface area (Å²) in [4.78, 5) is 1.00. The van der Waals surface area contributed by atoms with Crippen LogP contribution in [0.3, 0.4) is 0 Å². The van der Waals surface area contributed by atoms with Gasteiger partial charge in [-0.3, -0.25) is 0 Å². The summed E-state index contributed by atoms with van der Waals surface area (Å²) in [6, 6.07) is 6.36. The monoisotopic (exact) mass is 241 g/mol. The van der Waals surface area contributed by atoms with Crippen LogP contribution in [0.5, 0.6) is 0 Å². The Kier molecular flexibility index (Phi) is 3.17. The molecule has 0 spiro atoms. The number of aromatic nitrogens is 2. The van der Waals surface area contributed by atoms with E-state index >= 15 is 0 Å². The van der Waals surface area contributed by atoms with Gasteiger partial charge in [-0.15, -0.1) is 22.0 Å². The van der Waals surface area contributed by atoms with Crippen molar-refractivity contribution >= 4 is 28.2 Å². The van der Waals surface area contributed by atoms with Crippen molar-refractivity contribution in [2.24, 2.45) is 0 Å². The van der Waals surface area contributed by atoms with Crippen molar-refractivity contribution in [2.45, 2.75) is 10.6 Å². The molecule has 0 unspecified atom stereocenters. The molecule has 6 heteroatoms. The molecular weight excluding hydrogens is 233 g/mol. The zero-order valence-corrected chi connectivity index (χ0v) is 9.32. The first-order valence-corrected chi connectivity index (χ1v) is 6.00. The van der Waals surface area contributed by atoms with Crippen molar-refractivity contribution in [3.05, 3.63) is 35.1 Å². The van der Waals surface area contributed by atoms with Crippen molar-refractivity contribution in [3.63, 3.8) is 0 Å². The molecule has 1 heterocycles. The van der Waals surface area contributed by atoms with E-state index in [2.05, 4.69) is 10.2 Å². The molecule has 0 saturated carbocycles. The first kappa shape index (κ1) is 10.4. The number of hydrogen-bond donors (Lipinski definition) is 1. The molecule has 1 aromatic heterocycles. The minimum atomic E-state index is -0.223. The number of nitrogens with zero attached hydrogens (tertiary/aromatic N) is 2. The average molecular weight is 241 g/mol. The molecule has 0 aliphatic rings. The van der Waals surface area contributed by atoms with Crippen molar-refractivity contribution in [1.82, 2.24) is 10.2 Å². The van der Waals surface area contributed by atoms with Crippen molar-refractivity contribution in [3.8, 4) is 0 Å². The normalized spacial score (nSPS) is 10.5. The van der Waals surface area contributed by atoms with Crippen LogP contribution in [0.2, 0.25) is 0 Å². The largest absolute Gasteiger partial charge is 0.374 e. The van der Waals surface area contributed by atoms with Crippen LogP contribution in [0.25, 0.3) is 0 Å². The first-order chi connectivity index (χ1) is 7.24. The SMILES string of the molecule is Nc1nnc(CSc2ccc(F)cc2)s1. The molecule has 78 valence electrons. The van der Waals surface area contributed by atoms with Gasteiger partial charge >= 0.3 is 0 Å². The quantitative estimate of drug-likeness (QED) is 0.839. The number of rotatable bonds is 3. The van der Waals surface area contributed by atoms with E-state index in [1.165, 1.54) is 23.5 Å². The molecule has 2 N–H and O–H groups in total. The summed E-state index contributed by atoms with van der Waals surface area (Å²) in [5, 5.41) is 8.97. The lowest BCUT2D eigenvalue weighted by atomic mass is 10.4. The van der Waals surface area contributed by atoms with E-state index in [9.17, 15) is 4.39 Å². The second kappa shape index (κ2) is 4.59. The molecule has 1 aromatic carbocycles. The van der Waals surface area contributed by atoms with Crippen LogP contribution in [0.4, 0.5) is 9.52 Å². The third-order valence-electron chi connectivity index (χ3n) is 1.66.